The molecule has 2 heterocycles. The van der Waals surface area contributed by atoms with Crippen molar-refractivity contribution in [3.63, 3.8) is 0 Å². The molecule has 0 saturated heterocycles. The summed E-state index contributed by atoms with van der Waals surface area (Å²) in [6.07, 6.45) is 6.46. The first-order chi connectivity index (χ1) is 10.0. The Kier molecular flexibility index (Phi) is 5.07. The standard InChI is InChI=1S/C12H14BrN5O2S/c1-2-4-15-9-3-5-14-6-10(9)21(19,20)18-12-8-16-11(13)7-17-12/h3,5-8H,2,4H2,1H3,(H,14,15)(H,17,18). The topological polar surface area (TPSA) is 96.9 Å². The quantitative estimate of drug-likeness (QED) is 0.808. The lowest BCUT2D eigenvalue weighted by atomic mass is 10.4. The van der Waals surface area contributed by atoms with Gasteiger partial charge in [-0.1, -0.05) is 6.92 Å². The number of rotatable bonds is 6. The summed E-state index contributed by atoms with van der Waals surface area (Å²) < 4.78 is 27.7. The van der Waals surface area contributed by atoms with E-state index in [0.29, 0.717) is 16.8 Å². The van der Waals surface area contributed by atoms with Crippen molar-refractivity contribution < 1.29 is 8.42 Å². The number of pyridine rings is 1. The molecule has 2 aromatic rings. The summed E-state index contributed by atoms with van der Waals surface area (Å²) in [6, 6.07) is 1.62. The fourth-order valence-corrected chi connectivity index (χ4v) is 2.88. The van der Waals surface area contributed by atoms with Crippen LogP contribution in [0.15, 0.2) is 40.4 Å². The van der Waals surface area contributed by atoms with Gasteiger partial charge in [-0.15, -0.1) is 0 Å². The molecular weight excluding hydrogens is 358 g/mol. The maximum Gasteiger partial charge on any atom is 0.266 e. The Balaban J connectivity index is 2.29. The maximum absolute atomic E-state index is 12.4. The number of aromatic nitrogens is 3. The molecule has 0 spiro atoms. The second kappa shape index (κ2) is 6.81. The summed E-state index contributed by atoms with van der Waals surface area (Å²) in [5.41, 5.74) is 0.504. The summed E-state index contributed by atoms with van der Waals surface area (Å²) in [4.78, 5) is 11.8. The fourth-order valence-electron chi connectivity index (χ4n) is 1.56. The molecular formula is C12H14BrN5O2S. The van der Waals surface area contributed by atoms with E-state index in [1.165, 1.54) is 24.8 Å². The smallest absolute Gasteiger partial charge is 0.266 e. The Morgan fingerprint density at radius 1 is 1.24 bits per heavy atom. The van der Waals surface area contributed by atoms with Crippen molar-refractivity contribution >= 4 is 37.5 Å². The number of anilines is 2. The van der Waals surface area contributed by atoms with Gasteiger partial charge in [-0.3, -0.25) is 9.71 Å². The van der Waals surface area contributed by atoms with Crippen LogP contribution < -0.4 is 10.0 Å². The summed E-state index contributed by atoms with van der Waals surface area (Å²) in [5, 5.41) is 3.06. The zero-order valence-electron chi connectivity index (χ0n) is 11.2. The Labute approximate surface area is 131 Å². The molecule has 0 aromatic carbocycles. The largest absolute Gasteiger partial charge is 0.384 e. The highest BCUT2D eigenvalue weighted by atomic mass is 79.9. The minimum atomic E-state index is -3.78. The molecule has 9 heteroatoms. The van der Waals surface area contributed by atoms with E-state index >= 15 is 0 Å². The average Bonchev–Trinajstić information content (AvgIpc) is 2.47. The van der Waals surface area contributed by atoms with Crippen LogP contribution in [-0.2, 0) is 10.0 Å². The monoisotopic (exact) mass is 371 g/mol. The number of hydrogen-bond donors (Lipinski definition) is 2. The summed E-state index contributed by atoms with van der Waals surface area (Å²) in [7, 11) is -3.78. The molecule has 0 atom stereocenters. The molecule has 0 amide bonds. The van der Waals surface area contributed by atoms with Crippen LogP contribution in [0.1, 0.15) is 13.3 Å². The van der Waals surface area contributed by atoms with Gasteiger partial charge < -0.3 is 5.32 Å². The molecule has 2 aromatic heterocycles. The molecule has 2 rings (SSSR count). The highest BCUT2D eigenvalue weighted by Crippen LogP contribution is 2.22. The van der Waals surface area contributed by atoms with Gasteiger partial charge in [0.15, 0.2) is 5.82 Å². The van der Waals surface area contributed by atoms with E-state index in [4.69, 9.17) is 0 Å². The van der Waals surface area contributed by atoms with Crippen LogP contribution >= 0.6 is 15.9 Å². The first kappa shape index (κ1) is 15.6. The predicted molar refractivity (Wildman–Crippen MR) is 83.6 cm³/mol. The van der Waals surface area contributed by atoms with Crippen LogP contribution in [-0.4, -0.2) is 29.9 Å². The van der Waals surface area contributed by atoms with Crippen molar-refractivity contribution in [1.29, 1.82) is 0 Å². The van der Waals surface area contributed by atoms with Crippen molar-refractivity contribution in [2.45, 2.75) is 18.2 Å². The van der Waals surface area contributed by atoms with Gasteiger partial charge in [0.2, 0.25) is 0 Å². The third-order valence-corrected chi connectivity index (χ3v) is 4.29. The third kappa shape index (κ3) is 4.11. The molecule has 21 heavy (non-hydrogen) atoms. The van der Waals surface area contributed by atoms with Gasteiger partial charge in [-0.2, -0.15) is 0 Å². The molecule has 2 N–H and O–H groups in total. The van der Waals surface area contributed by atoms with E-state index in [-0.39, 0.29) is 10.7 Å². The first-order valence-corrected chi connectivity index (χ1v) is 8.49. The van der Waals surface area contributed by atoms with E-state index in [9.17, 15) is 8.42 Å². The van der Waals surface area contributed by atoms with Crippen LogP contribution in [0, 0.1) is 0 Å². The van der Waals surface area contributed by atoms with Crippen LogP contribution in [0.25, 0.3) is 0 Å². The van der Waals surface area contributed by atoms with Gasteiger partial charge in [-0.05, 0) is 28.4 Å². The van der Waals surface area contributed by atoms with Gasteiger partial charge in [0, 0.05) is 18.9 Å². The van der Waals surface area contributed by atoms with E-state index in [2.05, 4.69) is 40.9 Å². The molecule has 0 aliphatic carbocycles. The van der Waals surface area contributed by atoms with Crippen molar-refractivity contribution in [1.82, 2.24) is 15.0 Å². The SMILES string of the molecule is CCCNc1ccncc1S(=O)(=O)Nc1cnc(Br)cn1. The molecule has 0 bridgehead atoms. The number of nitrogens with one attached hydrogen (secondary N) is 2. The molecule has 112 valence electrons. The van der Waals surface area contributed by atoms with E-state index in [1.54, 1.807) is 6.07 Å². The zero-order chi connectivity index (χ0) is 15.3. The second-order valence-electron chi connectivity index (χ2n) is 4.13. The highest BCUT2D eigenvalue weighted by molar-refractivity contribution is 9.10. The molecule has 0 fully saturated rings. The van der Waals surface area contributed by atoms with Gasteiger partial charge in [0.05, 0.1) is 18.1 Å². The van der Waals surface area contributed by atoms with Crippen LogP contribution in [0.5, 0.6) is 0 Å². The molecule has 0 aliphatic heterocycles. The Hall–Kier alpha value is -1.74. The van der Waals surface area contributed by atoms with Gasteiger partial charge >= 0.3 is 0 Å². The molecule has 0 aliphatic rings. The summed E-state index contributed by atoms with van der Waals surface area (Å²) in [6.45, 7) is 2.67. The Morgan fingerprint density at radius 3 is 2.71 bits per heavy atom. The summed E-state index contributed by atoms with van der Waals surface area (Å²) >= 11 is 3.14. The number of nitrogens with zero attached hydrogens (tertiary/aromatic N) is 3. The van der Waals surface area contributed by atoms with E-state index in [0.717, 1.165) is 6.42 Å². The lowest BCUT2D eigenvalue weighted by Crippen LogP contribution is -2.17. The van der Waals surface area contributed by atoms with Crippen LogP contribution in [0.4, 0.5) is 11.5 Å². The average molecular weight is 372 g/mol. The maximum atomic E-state index is 12.4. The van der Waals surface area contributed by atoms with Crippen molar-refractivity contribution in [3.8, 4) is 0 Å². The fraction of sp³-hybridized carbons (Fsp3) is 0.250. The molecule has 7 nitrogen and oxygen atoms in total. The number of halogens is 1. The molecule has 0 radical (unpaired) electrons. The van der Waals surface area contributed by atoms with Gasteiger partial charge in [0.1, 0.15) is 9.50 Å². The second-order valence-corrected chi connectivity index (χ2v) is 6.59. The minimum absolute atomic E-state index is 0.0724. The lowest BCUT2D eigenvalue weighted by Gasteiger charge is -2.12. The lowest BCUT2D eigenvalue weighted by molar-refractivity contribution is 0.601. The third-order valence-electron chi connectivity index (χ3n) is 2.50. The van der Waals surface area contributed by atoms with Crippen molar-refractivity contribution in [3.05, 3.63) is 35.5 Å². The summed E-state index contributed by atoms with van der Waals surface area (Å²) in [5.74, 6) is 0.142. The Morgan fingerprint density at radius 2 is 2.05 bits per heavy atom. The number of hydrogen-bond acceptors (Lipinski definition) is 6. The number of sulfonamides is 1. The normalized spacial score (nSPS) is 11.1. The zero-order valence-corrected chi connectivity index (χ0v) is 13.6. The van der Waals surface area contributed by atoms with Crippen molar-refractivity contribution in [2.75, 3.05) is 16.6 Å². The predicted octanol–water partition coefficient (Wildman–Crippen LogP) is 2.26. The van der Waals surface area contributed by atoms with Crippen LogP contribution in [0.3, 0.4) is 0 Å². The Bertz CT molecular complexity index is 706. The van der Waals surface area contributed by atoms with Crippen molar-refractivity contribution in [2.24, 2.45) is 0 Å². The van der Waals surface area contributed by atoms with Gasteiger partial charge in [-0.25, -0.2) is 18.4 Å². The minimum Gasteiger partial charge on any atom is -0.384 e. The van der Waals surface area contributed by atoms with E-state index < -0.39 is 10.0 Å². The highest BCUT2D eigenvalue weighted by Gasteiger charge is 2.19. The molecule has 0 saturated carbocycles. The first-order valence-electron chi connectivity index (χ1n) is 6.21. The van der Waals surface area contributed by atoms with Crippen LogP contribution in [0.2, 0.25) is 0 Å². The van der Waals surface area contributed by atoms with E-state index in [1.807, 2.05) is 6.92 Å². The molecule has 0 unspecified atom stereocenters. The van der Waals surface area contributed by atoms with Gasteiger partial charge in [0.25, 0.3) is 10.0 Å².